The lowest BCUT2D eigenvalue weighted by atomic mass is 10.1. The first-order valence-electron chi connectivity index (χ1n) is 9.41. The molecule has 0 saturated heterocycles. The Kier molecular flexibility index (Phi) is 6.39. The molecule has 2 aromatic carbocycles. The van der Waals surface area contributed by atoms with Crippen LogP contribution >= 0.6 is 0 Å². The number of rotatable bonds is 7. The molecule has 0 aliphatic carbocycles. The van der Waals surface area contributed by atoms with Gasteiger partial charge in [-0.1, -0.05) is 42.0 Å². The van der Waals surface area contributed by atoms with E-state index in [1.54, 1.807) is 28.9 Å². The summed E-state index contributed by atoms with van der Waals surface area (Å²) in [6.07, 6.45) is 0.372. The number of nitrogens with zero attached hydrogens (tertiary/aromatic N) is 2. The number of ether oxygens (including phenoxy) is 1. The minimum Gasteiger partial charge on any atom is -0.452 e. The Morgan fingerprint density at radius 1 is 1.14 bits per heavy atom. The SMILES string of the molecule is Cc1ccc(CNC(=O)[C@H](C)OC(=O)CCn2ncc(=O)c3ccccc32)cc1. The van der Waals surface area contributed by atoms with Crippen molar-refractivity contribution in [1.29, 1.82) is 0 Å². The maximum absolute atomic E-state index is 12.2. The van der Waals surface area contributed by atoms with E-state index in [1.165, 1.54) is 13.1 Å². The Balaban J connectivity index is 1.51. The molecule has 7 heteroatoms. The molecule has 1 atom stereocenters. The maximum atomic E-state index is 12.2. The Morgan fingerprint density at radius 3 is 2.62 bits per heavy atom. The van der Waals surface area contributed by atoms with Crippen LogP contribution in [0.2, 0.25) is 0 Å². The van der Waals surface area contributed by atoms with Crippen LogP contribution in [0.5, 0.6) is 0 Å². The van der Waals surface area contributed by atoms with Crippen LogP contribution in [0.15, 0.2) is 59.5 Å². The van der Waals surface area contributed by atoms with Gasteiger partial charge in [0.2, 0.25) is 5.43 Å². The molecule has 3 rings (SSSR count). The van der Waals surface area contributed by atoms with Crippen LogP contribution in [0.4, 0.5) is 0 Å². The predicted octanol–water partition coefficient (Wildman–Crippen LogP) is 2.34. The van der Waals surface area contributed by atoms with Gasteiger partial charge >= 0.3 is 5.97 Å². The standard InChI is InChI=1S/C22H23N3O4/c1-15-7-9-17(10-8-15)13-23-22(28)16(2)29-21(27)11-12-25-19-6-4-3-5-18(19)20(26)14-24-25/h3-10,14,16H,11-13H2,1-2H3,(H,23,28)/t16-/m0/s1. The van der Waals surface area contributed by atoms with Crippen molar-refractivity contribution in [1.82, 2.24) is 15.1 Å². The lowest BCUT2D eigenvalue weighted by Crippen LogP contribution is -2.35. The molecule has 0 fully saturated rings. The van der Waals surface area contributed by atoms with Gasteiger partial charge in [0, 0.05) is 11.9 Å². The zero-order valence-corrected chi connectivity index (χ0v) is 16.4. The number of benzene rings is 2. The molecule has 7 nitrogen and oxygen atoms in total. The molecule has 150 valence electrons. The average molecular weight is 393 g/mol. The summed E-state index contributed by atoms with van der Waals surface area (Å²) in [5, 5.41) is 7.38. The van der Waals surface area contributed by atoms with Crippen molar-refractivity contribution in [2.75, 3.05) is 0 Å². The zero-order valence-electron chi connectivity index (χ0n) is 16.4. The number of aryl methyl sites for hydroxylation is 2. The van der Waals surface area contributed by atoms with E-state index in [0.717, 1.165) is 11.1 Å². The molecule has 29 heavy (non-hydrogen) atoms. The van der Waals surface area contributed by atoms with Gasteiger partial charge in [0.1, 0.15) is 0 Å². The third kappa shape index (κ3) is 5.28. The number of esters is 1. The van der Waals surface area contributed by atoms with Crippen molar-refractivity contribution >= 4 is 22.8 Å². The lowest BCUT2D eigenvalue weighted by molar-refractivity contribution is -0.155. The number of hydrogen-bond donors (Lipinski definition) is 1. The number of carbonyl (C=O) groups excluding carboxylic acids is 2. The monoisotopic (exact) mass is 393 g/mol. The summed E-state index contributed by atoms with van der Waals surface area (Å²) in [6.45, 7) is 4.15. The number of amides is 1. The minimum atomic E-state index is -0.897. The highest BCUT2D eigenvalue weighted by atomic mass is 16.5. The largest absolute Gasteiger partial charge is 0.452 e. The Labute approximate surface area is 168 Å². The van der Waals surface area contributed by atoms with Crippen molar-refractivity contribution in [2.24, 2.45) is 0 Å². The van der Waals surface area contributed by atoms with Gasteiger partial charge in [0.25, 0.3) is 5.91 Å². The van der Waals surface area contributed by atoms with Crippen LogP contribution < -0.4 is 10.7 Å². The Hall–Kier alpha value is -3.48. The normalized spacial score (nSPS) is 11.8. The summed E-state index contributed by atoms with van der Waals surface area (Å²) in [7, 11) is 0. The molecule has 0 spiro atoms. The molecule has 1 heterocycles. The van der Waals surface area contributed by atoms with Crippen LogP contribution in [0, 0.1) is 6.92 Å². The number of fused-ring (bicyclic) bond motifs is 1. The Morgan fingerprint density at radius 2 is 1.86 bits per heavy atom. The summed E-state index contributed by atoms with van der Waals surface area (Å²) >= 11 is 0. The van der Waals surface area contributed by atoms with Gasteiger partial charge in [-0.25, -0.2) is 0 Å². The molecule has 1 aromatic heterocycles. The van der Waals surface area contributed by atoms with Gasteiger partial charge in [0.05, 0.1) is 24.7 Å². The zero-order chi connectivity index (χ0) is 20.8. The number of nitrogens with one attached hydrogen (secondary N) is 1. The van der Waals surface area contributed by atoms with Crippen LogP contribution in [0.3, 0.4) is 0 Å². The van der Waals surface area contributed by atoms with Gasteiger partial charge in [-0.05, 0) is 31.5 Å². The van der Waals surface area contributed by atoms with E-state index in [1.807, 2.05) is 31.2 Å². The van der Waals surface area contributed by atoms with Crippen LogP contribution in [-0.4, -0.2) is 27.8 Å². The maximum Gasteiger partial charge on any atom is 0.308 e. The van der Waals surface area contributed by atoms with E-state index in [2.05, 4.69) is 10.4 Å². The van der Waals surface area contributed by atoms with Gasteiger partial charge in [-0.3, -0.25) is 19.1 Å². The van der Waals surface area contributed by atoms with Crippen LogP contribution in [0.25, 0.3) is 10.9 Å². The molecule has 0 unspecified atom stereocenters. The second-order valence-corrected chi connectivity index (χ2v) is 6.83. The first-order valence-corrected chi connectivity index (χ1v) is 9.41. The number of carbonyl (C=O) groups is 2. The summed E-state index contributed by atoms with van der Waals surface area (Å²) in [5.74, 6) is -0.863. The van der Waals surface area contributed by atoms with Crippen molar-refractivity contribution in [2.45, 2.75) is 39.5 Å². The molecule has 1 amide bonds. The van der Waals surface area contributed by atoms with Gasteiger partial charge in [-0.2, -0.15) is 5.10 Å². The summed E-state index contributed by atoms with van der Waals surface area (Å²) in [5.41, 5.74) is 2.60. The summed E-state index contributed by atoms with van der Waals surface area (Å²) < 4.78 is 6.81. The van der Waals surface area contributed by atoms with Crippen molar-refractivity contribution in [3.8, 4) is 0 Å². The van der Waals surface area contributed by atoms with E-state index in [0.29, 0.717) is 17.4 Å². The molecule has 1 N–H and O–H groups in total. The van der Waals surface area contributed by atoms with Gasteiger partial charge in [0.15, 0.2) is 6.10 Å². The van der Waals surface area contributed by atoms with E-state index in [4.69, 9.17) is 4.74 Å². The van der Waals surface area contributed by atoms with E-state index >= 15 is 0 Å². The summed E-state index contributed by atoms with van der Waals surface area (Å²) in [6, 6.07) is 14.9. The quantitative estimate of drug-likeness (QED) is 0.622. The fourth-order valence-electron chi connectivity index (χ4n) is 2.88. The molecule has 0 saturated carbocycles. The molecule has 0 bridgehead atoms. The second-order valence-electron chi connectivity index (χ2n) is 6.83. The highest BCUT2D eigenvalue weighted by Gasteiger charge is 2.17. The number of hydrogen-bond acceptors (Lipinski definition) is 5. The fraction of sp³-hybridized carbons (Fsp3) is 0.273. The van der Waals surface area contributed by atoms with Gasteiger partial charge in [-0.15, -0.1) is 0 Å². The van der Waals surface area contributed by atoms with Crippen molar-refractivity contribution in [3.63, 3.8) is 0 Å². The second kappa shape index (κ2) is 9.14. The molecular formula is C22H23N3O4. The highest BCUT2D eigenvalue weighted by molar-refractivity contribution is 5.83. The molecule has 0 radical (unpaired) electrons. The molecule has 0 aliphatic rings. The summed E-state index contributed by atoms with van der Waals surface area (Å²) in [4.78, 5) is 36.2. The van der Waals surface area contributed by atoms with Crippen molar-refractivity contribution < 1.29 is 14.3 Å². The van der Waals surface area contributed by atoms with E-state index < -0.39 is 12.1 Å². The number of aromatic nitrogens is 2. The minimum absolute atomic E-state index is 0.0371. The first-order chi connectivity index (χ1) is 13.9. The molecular weight excluding hydrogens is 370 g/mol. The highest BCUT2D eigenvalue weighted by Crippen LogP contribution is 2.09. The van der Waals surface area contributed by atoms with E-state index in [9.17, 15) is 14.4 Å². The third-order valence-electron chi connectivity index (χ3n) is 4.55. The van der Waals surface area contributed by atoms with Crippen LogP contribution in [0.1, 0.15) is 24.5 Å². The lowest BCUT2D eigenvalue weighted by Gasteiger charge is -2.14. The molecule has 3 aromatic rings. The first kappa shape index (κ1) is 20.3. The fourth-order valence-corrected chi connectivity index (χ4v) is 2.88. The van der Waals surface area contributed by atoms with Crippen LogP contribution in [-0.2, 0) is 27.4 Å². The number of para-hydroxylation sites is 1. The average Bonchev–Trinajstić information content (AvgIpc) is 2.73. The Bertz CT molecular complexity index is 1070. The van der Waals surface area contributed by atoms with Gasteiger partial charge < -0.3 is 10.1 Å². The smallest absolute Gasteiger partial charge is 0.308 e. The van der Waals surface area contributed by atoms with E-state index in [-0.39, 0.29) is 24.3 Å². The topological polar surface area (TPSA) is 90.3 Å². The predicted molar refractivity (Wildman–Crippen MR) is 109 cm³/mol. The molecule has 0 aliphatic heterocycles. The third-order valence-corrected chi connectivity index (χ3v) is 4.55. The van der Waals surface area contributed by atoms with Crippen molar-refractivity contribution in [3.05, 3.63) is 76.1 Å².